The number of nitrogens with one attached hydrogen (secondary N) is 2. The Morgan fingerprint density at radius 1 is 1.18 bits per heavy atom. The number of piperidine rings is 1. The number of imidazole rings is 1. The Kier molecular flexibility index (Phi) is 7.36. The van der Waals surface area contributed by atoms with E-state index in [1.54, 1.807) is 12.5 Å². The number of fused-ring (bicyclic) bond motifs is 5. The first-order valence-corrected chi connectivity index (χ1v) is 15.4. The lowest BCUT2D eigenvalue weighted by molar-refractivity contribution is -0.167. The number of aromatic amines is 1. The summed E-state index contributed by atoms with van der Waals surface area (Å²) in [6.07, 6.45) is 13.1. The first kappa shape index (κ1) is 27.0. The van der Waals surface area contributed by atoms with E-state index in [0.717, 1.165) is 75.5 Å². The molecule has 7 nitrogen and oxygen atoms in total. The Morgan fingerprint density at radius 3 is 2.72 bits per heavy atom. The Hall–Kier alpha value is -2.22. The first-order chi connectivity index (χ1) is 18.8. The summed E-state index contributed by atoms with van der Waals surface area (Å²) in [6, 6.07) is 6.74. The van der Waals surface area contributed by atoms with Crippen LogP contribution >= 0.6 is 0 Å². The molecule has 1 spiro atoms. The van der Waals surface area contributed by atoms with Gasteiger partial charge in [-0.05, 0) is 118 Å². The molecule has 212 valence electrons. The summed E-state index contributed by atoms with van der Waals surface area (Å²) in [5.41, 5.74) is 5.47. The van der Waals surface area contributed by atoms with Gasteiger partial charge in [-0.15, -0.1) is 0 Å². The van der Waals surface area contributed by atoms with Crippen LogP contribution in [0.15, 0.2) is 24.4 Å². The fourth-order valence-corrected chi connectivity index (χ4v) is 7.67. The van der Waals surface area contributed by atoms with Crippen LogP contribution in [0.2, 0.25) is 0 Å². The van der Waals surface area contributed by atoms with Crippen LogP contribution < -0.4 is 5.32 Å². The summed E-state index contributed by atoms with van der Waals surface area (Å²) in [4.78, 5) is 24.2. The smallest absolute Gasteiger partial charge is 0.224 e. The van der Waals surface area contributed by atoms with E-state index in [-0.39, 0.29) is 23.3 Å². The zero-order valence-corrected chi connectivity index (χ0v) is 23.7. The number of benzene rings is 1. The minimum atomic E-state index is -1.58. The van der Waals surface area contributed by atoms with Gasteiger partial charge in [-0.3, -0.25) is 4.79 Å². The molecule has 1 aromatic heterocycles. The number of carbonyl (C=O) groups excluding carboxylic acids is 1. The minimum absolute atomic E-state index is 0.115. The van der Waals surface area contributed by atoms with Gasteiger partial charge in [0.1, 0.15) is 5.82 Å². The van der Waals surface area contributed by atoms with E-state index >= 15 is 0 Å². The number of hydrogen-bond acceptors (Lipinski definition) is 5. The van der Waals surface area contributed by atoms with Crippen LogP contribution in [0, 0.1) is 11.3 Å². The Labute approximate surface area is 232 Å². The largest absolute Gasteiger partial charge is 0.366 e. The number of aromatic nitrogens is 2. The number of H-pyrrole nitrogens is 1. The van der Waals surface area contributed by atoms with Gasteiger partial charge in [-0.1, -0.05) is 31.9 Å². The van der Waals surface area contributed by atoms with Crippen molar-refractivity contribution in [3.8, 4) is 11.3 Å². The molecule has 4 N–H and O–H groups in total. The molecule has 1 aliphatic heterocycles. The molecule has 3 aliphatic carbocycles. The quantitative estimate of drug-likeness (QED) is 0.229. The lowest BCUT2D eigenvalue weighted by atomic mass is 9.90. The van der Waals surface area contributed by atoms with Gasteiger partial charge >= 0.3 is 0 Å². The second-order valence-corrected chi connectivity index (χ2v) is 13.2. The molecule has 1 aromatic carbocycles. The normalized spacial score (nSPS) is 26.1. The van der Waals surface area contributed by atoms with Crippen LogP contribution in [0.25, 0.3) is 11.3 Å². The van der Waals surface area contributed by atoms with Crippen molar-refractivity contribution in [3.05, 3.63) is 41.3 Å². The van der Waals surface area contributed by atoms with E-state index in [9.17, 15) is 15.0 Å². The molecule has 0 unspecified atom stereocenters. The first-order valence-electron chi connectivity index (χ1n) is 15.4. The maximum atomic E-state index is 13.4. The highest BCUT2D eigenvalue weighted by Gasteiger charge is 2.58. The predicted octanol–water partition coefficient (Wildman–Crippen LogP) is 5.37. The SMILES string of the molecule is CCC(O)(O)CCCCC[C@H](NC(=O)[C@H]1CC12CCN(C)CC2)c1ncc(-c2ccc3c(c2)[C@H]2CC[C@@H]3C2)[nH]1. The number of unbranched alkanes of at least 4 members (excludes halogenated alkanes) is 2. The molecular weight excluding hydrogens is 488 g/mol. The van der Waals surface area contributed by atoms with Crippen molar-refractivity contribution in [2.45, 2.75) is 108 Å². The van der Waals surface area contributed by atoms with Gasteiger partial charge in [-0.2, -0.15) is 0 Å². The number of likely N-dealkylation sites (tertiary alicyclic amines) is 1. The van der Waals surface area contributed by atoms with E-state index in [4.69, 9.17) is 4.98 Å². The van der Waals surface area contributed by atoms with Gasteiger partial charge in [0.05, 0.1) is 17.9 Å². The molecule has 2 saturated carbocycles. The van der Waals surface area contributed by atoms with Gasteiger partial charge in [-0.25, -0.2) is 4.98 Å². The third-order valence-corrected chi connectivity index (χ3v) is 10.6. The minimum Gasteiger partial charge on any atom is -0.366 e. The second-order valence-electron chi connectivity index (χ2n) is 13.2. The number of amides is 1. The highest BCUT2D eigenvalue weighted by Crippen LogP contribution is 2.59. The van der Waals surface area contributed by atoms with E-state index < -0.39 is 5.79 Å². The molecule has 7 heteroatoms. The molecule has 2 heterocycles. The van der Waals surface area contributed by atoms with Gasteiger partial charge in [0.25, 0.3) is 0 Å². The number of rotatable bonds is 11. The molecule has 6 rings (SSSR count). The van der Waals surface area contributed by atoms with Gasteiger partial charge < -0.3 is 25.4 Å². The molecule has 2 aromatic rings. The lowest BCUT2D eigenvalue weighted by Gasteiger charge is -2.30. The molecule has 1 amide bonds. The van der Waals surface area contributed by atoms with Crippen molar-refractivity contribution >= 4 is 5.91 Å². The monoisotopic (exact) mass is 534 g/mol. The van der Waals surface area contributed by atoms with Crippen LogP contribution in [0.3, 0.4) is 0 Å². The van der Waals surface area contributed by atoms with Crippen molar-refractivity contribution in [1.29, 1.82) is 0 Å². The third kappa shape index (κ3) is 5.55. The molecule has 39 heavy (non-hydrogen) atoms. The summed E-state index contributed by atoms with van der Waals surface area (Å²) >= 11 is 0. The van der Waals surface area contributed by atoms with E-state index in [1.807, 2.05) is 6.20 Å². The standard InChI is InChI=1S/C32H46N4O3/c1-3-32(38,39)12-6-4-5-7-27(35-30(37)26-19-31(26)13-15-36(2)16-14-31)29-33-20-28(34-29)23-10-11-24-21-8-9-22(17-21)25(24)18-23/h10-11,18,20-22,26-27,38-39H,3-9,12-17,19H2,1-2H3,(H,33,34)(H,35,37)/t21-,22+,26-,27+/m1/s1. The number of aliphatic hydroxyl groups is 2. The molecular formula is C32H46N4O3. The second kappa shape index (κ2) is 10.6. The summed E-state index contributed by atoms with van der Waals surface area (Å²) in [5.74, 6) is 1.01. The van der Waals surface area contributed by atoms with E-state index in [0.29, 0.717) is 18.8 Å². The highest BCUT2D eigenvalue weighted by atomic mass is 16.5. The average molecular weight is 535 g/mol. The maximum Gasteiger partial charge on any atom is 0.224 e. The summed E-state index contributed by atoms with van der Waals surface area (Å²) < 4.78 is 0. The van der Waals surface area contributed by atoms with Crippen molar-refractivity contribution in [1.82, 2.24) is 20.2 Å². The predicted molar refractivity (Wildman–Crippen MR) is 152 cm³/mol. The van der Waals surface area contributed by atoms with Crippen molar-refractivity contribution in [2.24, 2.45) is 11.3 Å². The Morgan fingerprint density at radius 2 is 1.95 bits per heavy atom. The molecule has 1 saturated heterocycles. The van der Waals surface area contributed by atoms with Crippen LogP contribution in [0.1, 0.15) is 119 Å². The molecule has 4 atom stereocenters. The summed E-state index contributed by atoms with van der Waals surface area (Å²) in [5, 5.41) is 23.2. The fourth-order valence-electron chi connectivity index (χ4n) is 7.67. The molecule has 3 fully saturated rings. The number of nitrogens with zero attached hydrogens (tertiary/aromatic N) is 2. The zero-order valence-electron chi connectivity index (χ0n) is 23.7. The number of hydrogen-bond donors (Lipinski definition) is 4. The van der Waals surface area contributed by atoms with Crippen molar-refractivity contribution in [3.63, 3.8) is 0 Å². The topological polar surface area (TPSA) is 101 Å². The van der Waals surface area contributed by atoms with E-state index in [1.165, 1.54) is 30.4 Å². The van der Waals surface area contributed by atoms with Crippen LogP contribution in [-0.4, -0.2) is 56.9 Å². The Bertz CT molecular complexity index is 1180. The van der Waals surface area contributed by atoms with Gasteiger partial charge in [0.2, 0.25) is 5.91 Å². The van der Waals surface area contributed by atoms with Gasteiger partial charge in [0, 0.05) is 12.3 Å². The van der Waals surface area contributed by atoms with E-state index in [2.05, 4.69) is 40.4 Å². The Balaban J connectivity index is 1.13. The molecule has 4 aliphatic rings. The zero-order chi connectivity index (χ0) is 27.2. The van der Waals surface area contributed by atoms with Crippen LogP contribution in [0.5, 0.6) is 0 Å². The lowest BCUT2D eigenvalue weighted by Crippen LogP contribution is -2.36. The molecule has 0 radical (unpaired) electrons. The number of carbonyl (C=O) groups is 1. The average Bonchev–Trinajstić information content (AvgIpc) is 3.34. The summed E-state index contributed by atoms with van der Waals surface area (Å²) in [7, 11) is 2.17. The van der Waals surface area contributed by atoms with Gasteiger partial charge in [0.15, 0.2) is 5.79 Å². The van der Waals surface area contributed by atoms with Crippen molar-refractivity contribution < 1.29 is 15.0 Å². The summed E-state index contributed by atoms with van der Waals surface area (Å²) in [6.45, 7) is 3.94. The van der Waals surface area contributed by atoms with Crippen LogP contribution in [-0.2, 0) is 4.79 Å². The molecule has 2 bridgehead atoms. The third-order valence-electron chi connectivity index (χ3n) is 10.6. The van der Waals surface area contributed by atoms with Crippen molar-refractivity contribution in [2.75, 3.05) is 20.1 Å². The fraction of sp³-hybridized carbons (Fsp3) is 0.688. The van der Waals surface area contributed by atoms with Crippen LogP contribution in [0.4, 0.5) is 0 Å². The highest BCUT2D eigenvalue weighted by molar-refractivity contribution is 5.83. The maximum absolute atomic E-state index is 13.4.